The maximum absolute atomic E-state index is 12.0. The van der Waals surface area contributed by atoms with E-state index in [9.17, 15) is 14.4 Å². The fraction of sp³-hybridized carbons (Fsp3) is 0.462. The van der Waals surface area contributed by atoms with Crippen LogP contribution >= 0.6 is 0 Å². The summed E-state index contributed by atoms with van der Waals surface area (Å²) in [7, 11) is 3.91. The van der Waals surface area contributed by atoms with Crippen molar-refractivity contribution in [2.45, 2.75) is 13.0 Å². The molecule has 0 spiro atoms. The first kappa shape index (κ1) is 15.9. The Balaban J connectivity index is 3.23. The van der Waals surface area contributed by atoms with E-state index in [0.29, 0.717) is 19.6 Å². The Hall–Kier alpha value is -2.15. The number of carbonyl (C=O) groups excluding carboxylic acids is 2. The van der Waals surface area contributed by atoms with Crippen molar-refractivity contribution in [2.75, 3.05) is 27.9 Å². The molecule has 0 aliphatic rings. The predicted molar refractivity (Wildman–Crippen MR) is 69.9 cm³/mol. The molecule has 0 aromatic carbocycles. The lowest BCUT2D eigenvalue weighted by molar-refractivity contribution is 0.0594. The summed E-state index contributed by atoms with van der Waals surface area (Å²) >= 11 is 0. The van der Waals surface area contributed by atoms with Gasteiger partial charge < -0.3 is 18.8 Å². The second-order valence-electron chi connectivity index (χ2n) is 3.98. The van der Waals surface area contributed by atoms with Crippen LogP contribution in [-0.2, 0) is 20.8 Å². The van der Waals surface area contributed by atoms with E-state index in [0.717, 1.165) is 0 Å². The molecule has 0 saturated heterocycles. The first-order chi connectivity index (χ1) is 9.54. The largest absolute Gasteiger partial charge is 0.465 e. The second-order valence-corrected chi connectivity index (χ2v) is 3.98. The third-order valence-electron chi connectivity index (χ3n) is 2.65. The lowest BCUT2D eigenvalue weighted by Crippen LogP contribution is -2.26. The highest BCUT2D eigenvalue weighted by atomic mass is 16.5. The number of rotatable bonds is 6. The van der Waals surface area contributed by atoms with Crippen LogP contribution in [0.15, 0.2) is 17.2 Å². The molecule has 0 unspecified atom stereocenters. The topological polar surface area (TPSA) is 83.8 Å². The van der Waals surface area contributed by atoms with E-state index in [1.807, 2.05) is 0 Å². The van der Waals surface area contributed by atoms with Gasteiger partial charge in [0.2, 0.25) is 5.43 Å². The van der Waals surface area contributed by atoms with Crippen molar-refractivity contribution in [2.24, 2.45) is 0 Å². The van der Waals surface area contributed by atoms with Gasteiger partial charge in [0.05, 0.1) is 14.2 Å². The standard InChI is InChI=1S/C13H17NO6/c1-18-6-4-5-14-7-9(12(16)19-2)11(15)10(8-14)13(17)20-3/h7-8H,4-6H2,1-3H3. The van der Waals surface area contributed by atoms with Gasteiger partial charge in [0.25, 0.3) is 0 Å². The summed E-state index contributed by atoms with van der Waals surface area (Å²) in [5.74, 6) is -1.58. The van der Waals surface area contributed by atoms with Crippen LogP contribution in [-0.4, -0.2) is 44.4 Å². The van der Waals surface area contributed by atoms with Crippen LogP contribution in [0.25, 0.3) is 0 Å². The van der Waals surface area contributed by atoms with Crippen LogP contribution in [0.2, 0.25) is 0 Å². The normalized spacial score (nSPS) is 10.2. The highest BCUT2D eigenvalue weighted by Crippen LogP contribution is 2.03. The van der Waals surface area contributed by atoms with E-state index in [4.69, 9.17) is 4.74 Å². The summed E-state index contributed by atoms with van der Waals surface area (Å²) in [4.78, 5) is 35.1. The predicted octanol–water partition coefficient (Wildman–Crippen LogP) is 0.458. The first-order valence-electron chi connectivity index (χ1n) is 5.94. The summed E-state index contributed by atoms with van der Waals surface area (Å²) in [6, 6.07) is 0. The van der Waals surface area contributed by atoms with Gasteiger partial charge in [-0.05, 0) is 6.42 Å². The molecule has 1 aromatic heterocycles. The Morgan fingerprint density at radius 3 is 1.95 bits per heavy atom. The van der Waals surface area contributed by atoms with E-state index in [1.54, 1.807) is 11.7 Å². The minimum absolute atomic E-state index is 0.201. The van der Waals surface area contributed by atoms with Crippen LogP contribution < -0.4 is 5.43 Å². The van der Waals surface area contributed by atoms with Crippen molar-refractivity contribution in [3.8, 4) is 0 Å². The number of pyridine rings is 1. The van der Waals surface area contributed by atoms with Gasteiger partial charge in [-0.1, -0.05) is 0 Å². The third kappa shape index (κ3) is 3.67. The van der Waals surface area contributed by atoms with Gasteiger partial charge in [-0.3, -0.25) is 4.79 Å². The van der Waals surface area contributed by atoms with Crippen molar-refractivity contribution in [1.82, 2.24) is 4.57 Å². The Kier molecular flexibility index (Phi) is 5.92. The van der Waals surface area contributed by atoms with Crippen LogP contribution in [0.5, 0.6) is 0 Å². The van der Waals surface area contributed by atoms with E-state index >= 15 is 0 Å². The average Bonchev–Trinajstić information content (AvgIpc) is 2.47. The summed E-state index contributed by atoms with van der Waals surface area (Å²) in [5, 5.41) is 0. The summed E-state index contributed by atoms with van der Waals surface area (Å²) < 4.78 is 15.6. The number of esters is 2. The van der Waals surface area contributed by atoms with Gasteiger partial charge in [0.1, 0.15) is 11.1 Å². The van der Waals surface area contributed by atoms with Crippen molar-refractivity contribution in [3.63, 3.8) is 0 Å². The molecular weight excluding hydrogens is 266 g/mol. The number of aryl methyl sites for hydroxylation is 1. The number of carbonyl (C=O) groups is 2. The molecule has 7 heteroatoms. The molecule has 20 heavy (non-hydrogen) atoms. The molecule has 1 rings (SSSR count). The van der Waals surface area contributed by atoms with Crippen LogP contribution in [0, 0.1) is 0 Å². The fourth-order valence-corrected chi connectivity index (χ4v) is 1.66. The number of ether oxygens (including phenoxy) is 3. The summed E-state index contributed by atoms with van der Waals surface area (Å²) in [6.07, 6.45) is 3.38. The van der Waals surface area contributed by atoms with E-state index in [2.05, 4.69) is 9.47 Å². The van der Waals surface area contributed by atoms with E-state index in [-0.39, 0.29) is 11.1 Å². The smallest absolute Gasteiger partial charge is 0.343 e. The fourth-order valence-electron chi connectivity index (χ4n) is 1.66. The van der Waals surface area contributed by atoms with Crippen LogP contribution in [0.3, 0.4) is 0 Å². The molecule has 0 fully saturated rings. The molecule has 0 saturated carbocycles. The van der Waals surface area contributed by atoms with Gasteiger partial charge in [-0.25, -0.2) is 9.59 Å². The van der Waals surface area contributed by atoms with Crippen LogP contribution in [0.1, 0.15) is 27.1 Å². The quantitative estimate of drug-likeness (QED) is 0.557. The highest BCUT2D eigenvalue weighted by molar-refractivity contribution is 5.94. The lowest BCUT2D eigenvalue weighted by Gasteiger charge is -2.10. The van der Waals surface area contributed by atoms with Crippen molar-refractivity contribution < 1.29 is 23.8 Å². The molecule has 0 aliphatic carbocycles. The number of methoxy groups -OCH3 is 3. The van der Waals surface area contributed by atoms with E-state index in [1.165, 1.54) is 26.6 Å². The summed E-state index contributed by atoms with van der Waals surface area (Å²) in [6.45, 7) is 1.01. The molecule has 0 amide bonds. The zero-order valence-corrected chi connectivity index (χ0v) is 11.7. The lowest BCUT2D eigenvalue weighted by atomic mass is 10.2. The summed E-state index contributed by atoms with van der Waals surface area (Å²) in [5.41, 5.74) is -1.10. The highest BCUT2D eigenvalue weighted by Gasteiger charge is 2.19. The first-order valence-corrected chi connectivity index (χ1v) is 5.94. The van der Waals surface area contributed by atoms with Gasteiger partial charge >= 0.3 is 11.9 Å². The van der Waals surface area contributed by atoms with Gasteiger partial charge in [0.15, 0.2) is 0 Å². The SMILES string of the molecule is COCCCn1cc(C(=O)OC)c(=O)c(C(=O)OC)c1. The molecule has 110 valence electrons. The molecule has 7 nitrogen and oxygen atoms in total. The van der Waals surface area contributed by atoms with Crippen molar-refractivity contribution in [1.29, 1.82) is 0 Å². The van der Waals surface area contributed by atoms with Gasteiger partial charge in [-0.15, -0.1) is 0 Å². The maximum Gasteiger partial charge on any atom is 0.343 e. The maximum atomic E-state index is 12.0. The Labute approximate surface area is 116 Å². The third-order valence-corrected chi connectivity index (χ3v) is 2.65. The molecule has 0 radical (unpaired) electrons. The van der Waals surface area contributed by atoms with Gasteiger partial charge in [-0.2, -0.15) is 0 Å². The monoisotopic (exact) mass is 283 g/mol. The van der Waals surface area contributed by atoms with Crippen molar-refractivity contribution >= 4 is 11.9 Å². The minimum atomic E-state index is -0.791. The molecule has 1 aromatic rings. The second kappa shape index (κ2) is 7.44. The molecular formula is C13H17NO6. The Morgan fingerprint density at radius 1 is 1.05 bits per heavy atom. The van der Waals surface area contributed by atoms with E-state index < -0.39 is 17.4 Å². The number of nitrogens with zero attached hydrogens (tertiary/aromatic N) is 1. The number of aromatic nitrogens is 1. The zero-order chi connectivity index (χ0) is 15.1. The Bertz CT molecular complexity index is 508. The van der Waals surface area contributed by atoms with Crippen molar-refractivity contribution in [3.05, 3.63) is 33.7 Å². The number of hydrogen-bond acceptors (Lipinski definition) is 6. The minimum Gasteiger partial charge on any atom is -0.465 e. The molecule has 0 N–H and O–H groups in total. The van der Waals surface area contributed by atoms with Gasteiger partial charge in [0, 0.05) is 32.7 Å². The molecule has 0 bridgehead atoms. The molecule has 1 heterocycles. The molecule has 0 aliphatic heterocycles. The van der Waals surface area contributed by atoms with Crippen LogP contribution in [0.4, 0.5) is 0 Å². The Morgan fingerprint density at radius 2 is 1.55 bits per heavy atom. The average molecular weight is 283 g/mol. The number of hydrogen-bond donors (Lipinski definition) is 0. The zero-order valence-electron chi connectivity index (χ0n) is 11.7. The molecule has 0 atom stereocenters.